The molecule has 2 N–H and O–H groups in total. The summed E-state index contributed by atoms with van der Waals surface area (Å²) in [4.78, 5) is 2.57. The number of hydrogen-bond donors (Lipinski definition) is 2. The van der Waals surface area contributed by atoms with Gasteiger partial charge in [0.15, 0.2) is 0 Å². The summed E-state index contributed by atoms with van der Waals surface area (Å²) in [5.41, 5.74) is -0.111. The average Bonchev–Trinajstić information content (AvgIpc) is 2.33. The summed E-state index contributed by atoms with van der Waals surface area (Å²) in [6.07, 6.45) is 3.51. The molecule has 0 amide bonds. The third-order valence-electron chi connectivity index (χ3n) is 4.08. The summed E-state index contributed by atoms with van der Waals surface area (Å²) in [6.45, 7) is 13.8. The standard InChI is InChI=1S/C15H32N2O/c1-5-7-16-15(4,12-18)6-8-17-10-13(2)9-14(3)11-17/h13-14,16,18H,5-12H2,1-4H3. The number of rotatable bonds is 7. The lowest BCUT2D eigenvalue weighted by Gasteiger charge is -2.37. The van der Waals surface area contributed by atoms with Gasteiger partial charge in [0.05, 0.1) is 6.61 Å². The maximum atomic E-state index is 9.56. The maximum Gasteiger partial charge on any atom is 0.0611 e. The maximum absolute atomic E-state index is 9.56. The van der Waals surface area contributed by atoms with Crippen molar-refractivity contribution in [2.24, 2.45) is 11.8 Å². The van der Waals surface area contributed by atoms with E-state index in [4.69, 9.17) is 0 Å². The van der Waals surface area contributed by atoms with Gasteiger partial charge in [-0.3, -0.25) is 0 Å². The molecule has 1 rings (SSSR count). The lowest BCUT2D eigenvalue weighted by Crippen LogP contribution is -2.49. The quantitative estimate of drug-likeness (QED) is 0.732. The fraction of sp³-hybridized carbons (Fsp3) is 1.00. The predicted octanol–water partition coefficient (Wildman–Crippen LogP) is 2.10. The molecule has 0 saturated carbocycles. The number of aliphatic hydroxyl groups is 1. The molecule has 0 aliphatic carbocycles. The number of aliphatic hydroxyl groups excluding tert-OH is 1. The van der Waals surface area contributed by atoms with Crippen LogP contribution in [0.25, 0.3) is 0 Å². The van der Waals surface area contributed by atoms with Crippen LogP contribution in [0.5, 0.6) is 0 Å². The van der Waals surface area contributed by atoms with E-state index in [0.29, 0.717) is 0 Å². The highest BCUT2D eigenvalue weighted by atomic mass is 16.3. The first-order chi connectivity index (χ1) is 8.49. The van der Waals surface area contributed by atoms with Gasteiger partial charge < -0.3 is 15.3 Å². The van der Waals surface area contributed by atoms with Gasteiger partial charge in [0.2, 0.25) is 0 Å². The van der Waals surface area contributed by atoms with Gasteiger partial charge in [-0.2, -0.15) is 0 Å². The van der Waals surface area contributed by atoms with E-state index >= 15 is 0 Å². The van der Waals surface area contributed by atoms with Crippen molar-refractivity contribution in [3.63, 3.8) is 0 Å². The van der Waals surface area contributed by atoms with Gasteiger partial charge in [0.25, 0.3) is 0 Å². The van der Waals surface area contributed by atoms with Crippen LogP contribution in [0.1, 0.15) is 47.0 Å². The zero-order chi connectivity index (χ0) is 13.6. The molecular weight excluding hydrogens is 224 g/mol. The van der Waals surface area contributed by atoms with Crippen LogP contribution in [0.3, 0.4) is 0 Å². The average molecular weight is 256 g/mol. The highest BCUT2D eigenvalue weighted by Crippen LogP contribution is 2.22. The Morgan fingerprint density at radius 2 is 1.89 bits per heavy atom. The minimum absolute atomic E-state index is 0.111. The minimum atomic E-state index is -0.111. The fourth-order valence-corrected chi connectivity index (χ4v) is 3.03. The summed E-state index contributed by atoms with van der Waals surface area (Å²) in [6, 6.07) is 0. The minimum Gasteiger partial charge on any atom is -0.394 e. The van der Waals surface area contributed by atoms with Crippen molar-refractivity contribution in [2.75, 3.05) is 32.8 Å². The Labute approximate surface area is 113 Å². The lowest BCUT2D eigenvalue weighted by molar-refractivity contribution is 0.107. The Hall–Kier alpha value is -0.120. The highest BCUT2D eigenvalue weighted by Gasteiger charge is 2.26. The molecule has 1 fully saturated rings. The zero-order valence-corrected chi connectivity index (χ0v) is 12.7. The Morgan fingerprint density at radius 1 is 1.28 bits per heavy atom. The monoisotopic (exact) mass is 256 g/mol. The van der Waals surface area contributed by atoms with Crippen LogP contribution >= 0.6 is 0 Å². The highest BCUT2D eigenvalue weighted by molar-refractivity contribution is 4.85. The molecule has 0 bridgehead atoms. The van der Waals surface area contributed by atoms with E-state index in [-0.39, 0.29) is 12.1 Å². The van der Waals surface area contributed by atoms with Crippen LogP contribution in [0.15, 0.2) is 0 Å². The second kappa shape index (κ2) is 7.46. The van der Waals surface area contributed by atoms with Crippen LogP contribution in [-0.4, -0.2) is 48.3 Å². The van der Waals surface area contributed by atoms with Gasteiger partial charge in [-0.05, 0) is 51.1 Å². The zero-order valence-electron chi connectivity index (χ0n) is 12.7. The van der Waals surface area contributed by atoms with Crippen molar-refractivity contribution < 1.29 is 5.11 Å². The largest absolute Gasteiger partial charge is 0.394 e. The van der Waals surface area contributed by atoms with Crippen LogP contribution in [0.2, 0.25) is 0 Å². The first-order valence-electron chi connectivity index (χ1n) is 7.57. The molecule has 3 atom stereocenters. The van der Waals surface area contributed by atoms with Crippen molar-refractivity contribution in [2.45, 2.75) is 52.5 Å². The third-order valence-corrected chi connectivity index (χ3v) is 4.08. The normalized spacial score (nSPS) is 29.2. The number of piperidine rings is 1. The van der Waals surface area contributed by atoms with E-state index in [1.165, 1.54) is 19.5 Å². The second-order valence-corrected chi connectivity index (χ2v) is 6.60. The Bertz CT molecular complexity index is 225. The van der Waals surface area contributed by atoms with E-state index in [1.54, 1.807) is 0 Å². The van der Waals surface area contributed by atoms with Crippen LogP contribution in [-0.2, 0) is 0 Å². The first kappa shape index (κ1) is 15.9. The van der Waals surface area contributed by atoms with Crippen molar-refractivity contribution in [1.82, 2.24) is 10.2 Å². The summed E-state index contributed by atoms with van der Waals surface area (Å²) < 4.78 is 0. The van der Waals surface area contributed by atoms with Crippen molar-refractivity contribution in [1.29, 1.82) is 0 Å². The lowest BCUT2D eigenvalue weighted by atomic mass is 9.90. The number of nitrogens with one attached hydrogen (secondary N) is 1. The molecule has 1 aliphatic rings. The molecule has 3 heteroatoms. The molecule has 0 aromatic rings. The Morgan fingerprint density at radius 3 is 2.39 bits per heavy atom. The van der Waals surface area contributed by atoms with Gasteiger partial charge in [0.1, 0.15) is 0 Å². The number of likely N-dealkylation sites (tertiary alicyclic amines) is 1. The van der Waals surface area contributed by atoms with E-state index in [9.17, 15) is 5.11 Å². The smallest absolute Gasteiger partial charge is 0.0611 e. The van der Waals surface area contributed by atoms with E-state index < -0.39 is 0 Å². The molecule has 0 aromatic carbocycles. The topological polar surface area (TPSA) is 35.5 Å². The Balaban J connectivity index is 2.37. The van der Waals surface area contributed by atoms with Gasteiger partial charge in [-0.15, -0.1) is 0 Å². The second-order valence-electron chi connectivity index (χ2n) is 6.60. The SMILES string of the molecule is CCCNC(C)(CO)CCN1CC(C)CC(C)C1. The van der Waals surface area contributed by atoms with Crippen molar-refractivity contribution in [3.05, 3.63) is 0 Å². The summed E-state index contributed by atoms with van der Waals surface area (Å²) in [5, 5.41) is 13.0. The summed E-state index contributed by atoms with van der Waals surface area (Å²) in [5.74, 6) is 1.63. The molecule has 1 aliphatic heterocycles. The molecular formula is C15H32N2O. The summed E-state index contributed by atoms with van der Waals surface area (Å²) in [7, 11) is 0. The van der Waals surface area contributed by atoms with Crippen LogP contribution in [0.4, 0.5) is 0 Å². The third kappa shape index (κ3) is 5.25. The molecule has 3 unspecified atom stereocenters. The molecule has 0 spiro atoms. The number of nitrogens with zero attached hydrogens (tertiary/aromatic N) is 1. The predicted molar refractivity (Wildman–Crippen MR) is 77.8 cm³/mol. The van der Waals surface area contributed by atoms with Crippen molar-refractivity contribution in [3.8, 4) is 0 Å². The molecule has 3 nitrogen and oxygen atoms in total. The molecule has 0 radical (unpaired) electrons. The van der Waals surface area contributed by atoms with Gasteiger partial charge in [0, 0.05) is 18.6 Å². The molecule has 1 saturated heterocycles. The van der Waals surface area contributed by atoms with Gasteiger partial charge >= 0.3 is 0 Å². The first-order valence-corrected chi connectivity index (χ1v) is 7.57. The number of hydrogen-bond acceptors (Lipinski definition) is 3. The van der Waals surface area contributed by atoms with E-state index in [1.807, 2.05) is 0 Å². The molecule has 0 aromatic heterocycles. The summed E-state index contributed by atoms with van der Waals surface area (Å²) >= 11 is 0. The Kier molecular flexibility index (Phi) is 6.61. The van der Waals surface area contributed by atoms with Crippen LogP contribution < -0.4 is 5.32 Å². The van der Waals surface area contributed by atoms with E-state index in [2.05, 4.69) is 37.9 Å². The van der Waals surface area contributed by atoms with Crippen molar-refractivity contribution >= 4 is 0 Å². The van der Waals surface area contributed by atoms with Gasteiger partial charge in [-0.25, -0.2) is 0 Å². The molecule has 108 valence electrons. The molecule has 1 heterocycles. The molecule has 18 heavy (non-hydrogen) atoms. The van der Waals surface area contributed by atoms with Gasteiger partial charge in [-0.1, -0.05) is 20.8 Å². The fourth-order valence-electron chi connectivity index (χ4n) is 3.03. The van der Waals surface area contributed by atoms with Crippen LogP contribution in [0, 0.1) is 11.8 Å². The van der Waals surface area contributed by atoms with E-state index in [0.717, 1.165) is 37.8 Å².